The van der Waals surface area contributed by atoms with Crippen LogP contribution in [0.15, 0.2) is 54.1 Å². The number of phenolic OH excluding ortho intramolecular Hbond substituents is 1. The number of rotatable bonds is 6. The minimum atomic E-state index is -0.910. The van der Waals surface area contributed by atoms with E-state index in [0.29, 0.717) is 17.7 Å². The Labute approximate surface area is 162 Å². The van der Waals surface area contributed by atoms with Gasteiger partial charge in [0.25, 0.3) is 11.7 Å². The third-order valence-corrected chi connectivity index (χ3v) is 4.53. The van der Waals surface area contributed by atoms with Crippen LogP contribution in [0.4, 0.5) is 0 Å². The Hall–Kier alpha value is -3.32. The number of phenols is 1. The average Bonchev–Trinajstić information content (AvgIpc) is 2.95. The summed E-state index contributed by atoms with van der Waals surface area (Å²) < 4.78 is 5.40. The number of likely N-dealkylation sites (tertiary alicyclic amines) is 1. The molecule has 146 valence electrons. The lowest BCUT2D eigenvalue weighted by Crippen LogP contribution is -2.32. The molecule has 1 aliphatic rings. The molecule has 1 aliphatic heterocycles. The molecule has 1 fully saturated rings. The van der Waals surface area contributed by atoms with Gasteiger partial charge in [0.1, 0.15) is 5.76 Å². The molecule has 7 nitrogen and oxygen atoms in total. The highest BCUT2D eigenvalue weighted by molar-refractivity contribution is 6.46. The van der Waals surface area contributed by atoms with E-state index in [0.717, 1.165) is 0 Å². The molecule has 2 aromatic rings. The maximum atomic E-state index is 12.7. The minimum Gasteiger partial charge on any atom is -0.507 e. The van der Waals surface area contributed by atoms with Crippen LogP contribution in [-0.2, 0) is 9.59 Å². The number of aromatic hydroxyl groups is 1. The van der Waals surface area contributed by atoms with Crippen LogP contribution < -0.4 is 4.74 Å². The fraction of sp³-hybridized carbons (Fsp3) is 0.238. The first-order valence-corrected chi connectivity index (χ1v) is 8.90. The molecule has 0 spiro atoms. The number of Topliss-reactive ketones (excluding diaryl/α,β-unsaturated/α-hetero) is 1. The second kappa shape index (κ2) is 8.14. The highest BCUT2D eigenvalue weighted by Gasteiger charge is 2.46. The SMILES string of the molecule is CCOc1cc([C@H]2C(=C(O)c3ccccc3)C(=O)C(=O)N2CCO)ccc1O. The lowest BCUT2D eigenvalue weighted by atomic mass is 9.95. The Morgan fingerprint density at radius 2 is 1.86 bits per heavy atom. The third-order valence-electron chi connectivity index (χ3n) is 4.53. The Bertz CT molecular complexity index is 922. The van der Waals surface area contributed by atoms with Crippen LogP contribution in [0.25, 0.3) is 5.76 Å². The van der Waals surface area contributed by atoms with Gasteiger partial charge in [0, 0.05) is 12.1 Å². The predicted octanol–water partition coefficient (Wildman–Crippen LogP) is 2.20. The van der Waals surface area contributed by atoms with Crippen molar-refractivity contribution in [2.75, 3.05) is 19.8 Å². The minimum absolute atomic E-state index is 0.0715. The molecular formula is C21H21NO6. The fourth-order valence-corrected chi connectivity index (χ4v) is 3.29. The maximum absolute atomic E-state index is 12.7. The molecule has 0 bridgehead atoms. The molecule has 1 amide bonds. The van der Waals surface area contributed by atoms with Crippen LogP contribution in [0.3, 0.4) is 0 Å². The van der Waals surface area contributed by atoms with Crippen molar-refractivity contribution in [1.82, 2.24) is 4.90 Å². The van der Waals surface area contributed by atoms with Gasteiger partial charge in [-0.05, 0) is 24.6 Å². The molecule has 0 unspecified atom stereocenters. The first-order chi connectivity index (χ1) is 13.5. The number of nitrogens with zero attached hydrogens (tertiary/aromatic N) is 1. The standard InChI is InChI=1S/C21H21NO6/c1-2-28-16-12-14(8-9-15(16)24)18-17(19(25)13-6-4-3-5-7-13)20(26)21(27)22(18)10-11-23/h3-9,12,18,23-25H,2,10-11H2,1H3/t18-/m0/s1. The quantitative estimate of drug-likeness (QED) is 0.401. The van der Waals surface area contributed by atoms with Crippen molar-refractivity contribution >= 4 is 17.4 Å². The van der Waals surface area contributed by atoms with Crippen molar-refractivity contribution in [1.29, 1.82) is 0 Å². The van der Waals surface area contributed by atoms with Crippen LogP contribution >= 0.6 is 0 Å². The molecule has 0 aromatic heterocycles. The molecule has 0 saturated carbocycles. The zero-order valence-electron chi connectivity index (χ0n) is 15.3. The van der Waals surface area contributed by atoms with Gasteiger partial charge in [0.2, 0.25) is 0 Å². The summed E-state index contributed by atoms with van der Waals surface area (Å²) in [6, 6.07) is 12.0. The van der Waals surface area contributed by atoms with E-state index in [-0.39, 0.29) is 36.0 Å². The van der Waals surface area contributed by atoms with Crippen LogP contribution in [0.1, 0.15) is 24.1 Å². The van der Waals surface area contributed by atoms with Gasteiger partial charge >= 0.3 is 0 Å². The molecule has 2 aromatic carbocycles. The Morgan fingerprint density at radius 3 is 2.50 bits per heavy atom. The maximum Gasteiger partial charge on any atom is 0.295 e. The van der Waals surface area contributed by atoms with Crippen molar-refractivity contribution < 1.29 is 29.6 Å². The highest BCUT2D eigenvalue weighted by Crippen LogP contribution is 2.41. The summed E-state index contributed by atoms with van der Waals surface area (Å²) in [7, 11) is 0. The van der Waals surface area contributed by atoms with Gasteiger partial charge in [0.15, 0.2) is 11.5 Å². The number of hydrogen-bond acceptors (Lipinski definition) is 6. The lowest BCUT2D eigenvalue weighted by Gasteiger charge is -2.25. The molecule has 3 N–H and O–H groups in total. The zero-order chi connectivity index (χ0) is 20.3. The zero-order valence-corrected chi connectivity index (χ0v) is 15.3. The van der Waals surface area contributed by atoms with Gasteiger partial charge in [0.05, 0.1) is 24.8 Å². The molecule has 3 rings (SSSR count). The molecule has 7 heteroatoms. The smallest absolute Gasteiger partial charge is 0.295 e. The van der Waals surface area contributed by atoms with Crippen LogP contribution in [-0.4, -0.2) is 51.7 Å². The van der Waals surface area contributed by atoms with E-state index in [1.165, 1.54) is 17.0 Å². The summed E-state index contributed by atoms with van der Waals surface area (Å²) >= 11 is 0. The Kier molecular flexibility index (Phi) is 5.65. The number of benzene rings is 2. The van der Waals surface area contributed by atoms with E-state index < -0.39 is 17.7 Å². The van der Waals surface area contributed by atoms with E-state index in [1.54, 1.807) is 43.3 Å². The molecule has 1 atom stereocenters. The van der Waals surface area contributed by atoms with E-state index >= 15 is 0 Å². The number of aliphatic hydroxyl groups is 2. The number of hydrogen-bond donors (Lipinski definition) is 3. The lowest BCUT2D eigenvalue weighted by molar-refractivity contribution is -0.140. The van der Waals surface area contributed by atoms with Crippen molar-refractivity contribution in [3.8, 4) is 11.5 Å². The van der Waals surface area contributed by atoms with Crippen LogP contribution in [0.2, 0.25) is 0 Å². The summed E-state index contributed by atoms with van der Waals surface area (Å²) in [5, 5.41) is 30.1. The summed E-state index contributed by atoms with van der Waals surface area (Å²) in [5.74, 6) is -1.80. The number of ether oxygens (including phenoxy) is 1. The van der Waals surface area contributed by atoms with E-state index in [1.807, 2.05) is 0 Å². The van der Waals surface area contributed by atoms with Gasteiger partial charge in [-0.25, -0.2) is 0 Å². The first-order valence-electron chi connectivity index (χ1n) is 8.90. The molecule has 0 aliphatic carbocycles. The van der Waals surface area contributed by atoms with Gasteiger partial charge in [-0.15, -0.1) is 0 Å². The monoisotopic (exact) mass is 383 g/mol. The van der Waals surface area contributed by atoms with Gasteiger partial charge in [-0.3, -0.25) is 9.59 Å². The summed E-state index contributed by atoms with van der Waals surface area (Å²) in [6.45, 7) is 1.66. The van der Waals surface area contributed by atoms with Crippen molar-refractivity contribution in [3.63, 3.8) is 0 Å². The average molecular weight is 383 g/mol. The van der Waals surface area contributed by atoms with E-state index in [2.05, 4.69) is 0 Å². The molecule has 0 radical (unpaired) electrons. The number of ketones is 1. The van der Waals surface area contributed by atoms with Crippen LogP contribution in [0, 0.1) is 0 Å². The number of carbonyl (C=O) groups is 2. The molecular weight excluding hydrogens is 362 g/mol. The normalized spacial score (nSPS) is 18.5. The Morgan fingerprint density at radius 1 is 1.14 bits per heavy atom. The predicted molar refractivity (Wildman–Crippen MR) is 102 cm³/mol. The van der Waals surface area contributed by atoms with Gasteiger partial charge in [-0.2, -0.15) is 0 Å². The van der Waals surface area contributed by atoms with E-state index in [9.17, 15) is 24.9 Å². The molecule has 1 saturated heterocycles. The number of carbonyl (C=O) groups excluding carboxylic acids is 2. The largest absolute Gasteiger partial charge is 0.507 e. The van der Waals surface area contributed by atoms with Gasteiger partial charge < -0.3 is 25.0 Å². The highest BCUT2D eigenvalue weighted by atomic mass is 16.5. The summed E-state index contributed by atoms with van der Waals surface area (Å²) in [5.41, 5.74) is 0.808. The summed E-state index contributed by atoms with van der Waals surface area (Å²) in [6.07, 6.45) is 0. The second-order valence-corrected chi connectivity index (χ2v) is 6.24. The summed E-state index contributed by atoms with van der Waals surface area (Å²) in [4.78, 5) is 26.4. The van der Waals surface area contributed by atoms with Crippen molar-refractivity contribution in [3.05, 3.63) is 65.2 Å². The van der Waals surface area contributed by atoms with Crippen LogP contribution in [0.5, 0.6) is 11.5 Å². The molecule has 1 heterocycles. The number of aliphatic hydroxyl groups excluding tert-OH is 2. The van der Waals surface area contributed by atoms with Gasteiger partial charge in [-0.1, -0.05) is 36.4 Å². The van der Waals surface area contributed by atoms with Crippen molar-refractivity contribution in [2.24, 2.45) is 0 Å². The first kappa shape index (κ1) is 19.4. The number of amides is 1. The van der Waals surface area contributed by atoms with E-state index in [4.69, 9.17) is 4.74 Å². The second-order valence-electron chi connectivity index (χ2n) is 6.24. The van der Waals surface area contributed by atoms with Crippen molar-refractivity contribution in [2.45, 2.75) is 13.0 Å². The topological polar surface area (TPSA) is 107 Å². The molecule has 28 heavy (non-hydrogen) atoms. The Balaban J connectivity index is 2.19. The fourth-order valence-electron chi connectivity index (χ4n) is 3.29. The number of β-amino-alcohol motifs (C(OH)–C–C–N with tert-alkyl or cyclic N) is 1. The third kappa shape index (κ3) is 3.44.